The van der Waals surface area contributed by atoms with Crippen molar-refractivity contribution in [2.45, 2.75) is 45.8 Å². The van der Waals surface area contributed by atoms with Crippen LogP contribution in [0.15, 0.2) is 18.2 Å². The number of ether oxygens (including phenoxy) is 2. The number of sulfonamides is 1. The maximum Gasteiger partial charge on any atom is 0.257 e. The van der Waals surface area contributed by atoms with Gasteiger partial charge in [0.25, 0.3) is 5.91 Å². The number of hydrogen-bond donors (Lipinski definition) is 1. The van der Waals surface area contributed by atoms with Gasteiger partial charge in [-0.15, -0.1) is 0 Å². The summed E-state index contributed by atoms with van der Waals surface area (Å²) in [5.74, 6) is 0.190. The summed E-state index contributed by atoms with van der Waals surface area (Å²) in [5.41, 5.74) is 0.549. The summed E-state index contributed by atoms with van der Waals surface area (Å²) in [7, 11) is -0.214. The number of nitrogens with zero attached hydrogens (tertiary/aromatic N) is 2. The maximum atomic E-state index is 13.3. The number of carbonyl (C=O) groups excluding carboxylic acids is 2. The van der Waals surface area contributed by atoms with Crippen molar-refractivity contribution >= 4 is 27.5 Å². The van der Waals surface area contributed by atoms with Crippen molar-refractivity contribution in [3.05, 3.63) is 23.8 Å². The highest BCUT2D eigenvalue weighted by molar-refractivity contribution is 7.92. The van der Waals surface area contributed by atoms with Crippen LogP contribution < -0.4 is 9.46 Å². The van der Waals surface area contributed by atoms with Gasteiger partial charge < -0.3 is 19.3 Å². The van der Waals surface area contributed by atoms with Crippen LogP contribution in [-0.2, 0) is 19.6 Å². The molecule has 2 amide bonds. The zero-order valence-electron chi connectivity index (χ0n) is 20.0. The number of methoxy groups -OCH3 is 1. The van der Waals surface area contributed by atoms with Gasteiger partial charge in [0, 0.05) is 44.8 Å². The minimum Gasteiger partial charge on any atom is -0.491 e. The molecule has 1 aliphatic carbocycles. The molecule has 0 unspecified atom stereocenters. The topological polar surface area (TPSA) is 105 Å². The third-order valence-electron chi connectivity index (χ3n) is 6.31. The third kappa shape index (κ3) is 6.17. The lowest BCUT2D eigenvalue weighted by atomic mass is 10.0. The first-order valence-electron chi connectivity index (χ1n) is 11.4. The molecule has 0 spiro atoms. The van der Waals surface area contributed by atoms with E-state index in [9.17, 15) is 18.0 Å². The van der Waals surface area contributed by atoms with E-state index in [1.54, 1.807) is 38.1 Å². The number of hydrogen-bond acceptors (Lipinski definition) is 6. The summed E-state index contributed by atoms with van der Waals surface area (Å²) in [6, 6.07) is 4.46. The lowest BCUT2D eigenvalue weighted by Crippen LogP contribution is -2.49. The van der Waals surface area contributed by atoms with E-state index in [1.807, 2.05) is 18.7 Å². The van der Waals surface area contributed by atoms with Gasteiger partial charge in [-0.3, -0.25) is 14.3 Å². The van der Waals surface area contributed by atoms with Crippen LogP contribution in [0.25, 0.3) is 0 Å². The van der Waals surface area contributed by atoms with Crippen molar-refractivity contribution in [1.82, 2.24) is 9.80 Å². The highest BCUT2D eigenvalue weighted by Crippen LogP contribution is 2.33. The minimum atomic E-state index is -3.50. The van der Waals surface area contributed by atoms with Gasteiger partial charge in [-0.1, -0.05) is 6.92 Å². The molecule has 0 aromatic heterocycles. The molecule has 33 heavy (non-hydrogen) atoms. The van der Waals surface area contributed by atoms with E-state index in [2.05, 4.69) is 4.72 Å². The predicted molar refractivity (Wildman–Crippen MR) is 126 cm³/mol. The molecular weight excluding hydrogens is 446 g/mol. The van der Waals surface area contributed by atoms with Gasteiger partial charge in [-0.2, -0.15) is 0 Å². The highest BCUT2D eigenvalue weighted by atomic mass is 32.2. The van der Waals surface area contributed by atoms with Crippen molar-refractivity contribution in [2.24, 2.45) is 11.8 Å². The summed E-state index contributed by atoms with van der Waals surface area (Å²) >= 11 is 0. The minimum absolute atomic E-state index is 0.00278. The number of anilines is 1. The molecule has 2 aliphatic rings. The third-order valence-corrected chi connectivity index (χ3v) is 7.61. The first-order valence-corrected chi connectivity index (χ1v) is 13.1. The Balaban J connectivity index is 1.96. The normalized spacial score (nSPS) is 24.9. The summed E-state index contributed by atoms with van der Waals surface area (Å²) in [6.07, 6.45) is 1.56. The van der Waals surface area contributed by atoms with Crippen LogP contribution >= 0.6 is 0 Å². The van der Waals surface area contributed by atoms with Crippen molar-refractivity contribution in [3.63, 3.8) is 0 Å². The molecular formula is C23H35N3O6S. The van der Waals surface area contributed by atoms with Crippen LogP contribution in [-0.4, -0.2) is 81.8 Å². The second-order valence-electron chi connectivity index (χ2n) is 9.08. The Bertz CT molecular complexity index is 978. The largest absolute Gasteiger partial charge is 0.491 e. The SMILES string of the molecule is CCS(=O)(=O)Nc1ccc2c(c1)C(=O)N(C)C[C@H](OC)[C@@H](C)CN(C(=O)C1CC1)[C@@H](C)CO2. The molecule has 1 aliphatic heterocycles. The zero-order valence-corrected chi connectivity index (χ0v) is 20.9. The first kappa shape index (κ1) is 25.3. The number of amides is 2. The summed E-state index contributed by atoms with van der Waals surface area (Å²) in [4.78, 5) is 29.7. The summed E-state index contributed by atoms with van der Waals surface area (Å²) in [6.45, 7) is 6.56. The van der Waals surface area contributed by atoms with Gasteiger partial charge in [0.15, 0.2) is 0 Å². The van der Waals surface area contributed by atoms with Crippen LogP contribution in [0, 0.1) is 11.8 Å². The van der Waals surface area contributed by atoms with Crippen LogP contribution in [0.4, 0.5) is 5.69 Å². The van der Waals surface area contributed by atoms with E-state index in [0.717, 1.165) is 12.8 Å². The molecule has 1 N–H and O–H groups in total. The number of fused-ring (bicyclic) bond motifs is 1. The molecule has 1 fully saturated rings. The molecule has 1 aromatic carbocycles. The van der Waals surface area contributed by atoms with E-state index in [1.165, 1.54) is 6.07 Å². The van der Waals surface area contributed by atoms with Gasteiger partial charge in [0.2, 0.25) is 15.9 Å². The van der Waals surface area contributed by atoms with Crippen molar-refractivity contribution in [2.75, 3.05) is 44.3 Å². The Morgan fingerprint density at radius 2 is 1.94 bits per heavy atom. The van der Waals surface area contributed by atoms with Gasteiger partial charge in [-0.25, -0.2) is 8.42 Å². The molecule has 1 saturated carbocycles. The molecule has 3 atom stereocenters. The Kier molecular flexibility index (Phi) is 7.89. The van der Waals surface area contributed by atoms with Crippen LogP contribution in [0.2, 0.25) is 0 Å². The van der Waals surface area contributed by atoms with E-state index < -0.39 is 10.0 Å². The molecule has 3 rings (SSSR count). The van der Waals surface area contributed by atoms with E-state index in [-0.39, 0.29) is 53.7 Å². The molecule has 10 heteroatoms. The Hall–Kier alpha value is -2.33. The summed E-state index contributed by atoms with van der Waals surface area (Å²) < 4.78 is 38.2. The lowest BCUT2D eigenvalue weighted by molar-refractivity contribution is -0.136. The van der Waals surface area contributed by atoms with Gasteiger partial charge in [0.05, 0.1) is 23.5 Å². The number of carbonyl (C=O) groups is 2. The fourth-order valence-corrected chi connectivity index (χ4v) is 4.59. The first-order chi connectivity index (χ1) is 15.6. The standard InChI is InChI=1S/C23H35N3O6S/c1-6-33(29,30)24-18-9-10-20-19(11-18)23(28)25(4)13-21(31-5)15(2)12-26(16(3)14-32-20)22(27)17-7-8-17/h9-11,15-17,21,24H,6-8,12-14H2,1-5H3/t15-,16-,21-/m0/s1. The van der Waals surface area contributed by atoms with Crippen molar-refractivity contribution < 1.29 is 27.5 Å². The van der Waals surface area contributed by atoms with E-state index >= 15 is 0 Å². The van der Waals surface area contributed by atoms with E-state index in [0.29, 0.717) is 24.5 Å². The lowest BCUT2D eigenvalue weighted by Gasteiger charge is -2.36. The monoisotopic (exact) mass is 481 g/mol. The molecule has 0 saturated heterocycles. The van der Waals surface area contributed by atoms with Gasteiger partial charge in [0.1, 0.15) is 12.4 Å². The number of nitrogens with one attached hydrogen (secondary N) is 1. The number of likely N-dealkylation sites (N-methyl/N-ethyl adjacent to an activating group) is 1. The second kappa shape index (κ2) is 10.3. The van der Waals surface area contributed by atoms with Crippen molar-refractivity contribution in [1.29, 1.82) is 0 Å². The number of benzene rings is 1. The Labute approximate surface area is 196 Å². The average Bonchev–Trinajstić information content (AvgIpc) is 3.63. The van der Waals surface area contributed by atoms with Crippen LogP contribution in [0.1, 0.15) is 44.0 Å². The van der Waals surface area contributed by atoms with Crippen LogP contribution in [0.3, 0.4) is 0 Å². The fourth-order valence-electron chi connectivity index (χ4n) is 3.96. The molecule has 0 bridgehead atoms. The summed E-state index contributed by atoms with van der Waals surface area (Å²) in [5, 5.41) is 0. The smallest absolute Gasteiger partial charge is 0.257 e. The molecule has 1 aromatic rings. The Morgan fingerprint density at radius 1 is 1.24 bits per heavy atom. The molecule has 184 valence electrons. The highest BCUT2D eigenvalue weighted by Gasteiger charge is 2.37. The molecule has 9 nitrogen and oxygen atoms in total. The number of rotatable bonds is 5. The second-order valence-corrected chi connectivity index (χ2v) is 11.1. The molecule has 1 heterocycles. The maximum absolute atomic E-state index is 13.3. The quantitative estimate of drug-likeness (QED) is 0.691. The fraction of sp³-hybridized carbons (Fsp3) is 0.652. The van der Waals surface area contributed by atoms with Gasteiger partial charge >= 0.3 is 0 Å². The Morgan fingerprint density at radius 3 is 2.55 bits per heavy atom. The van der Waals surface area contributed by atoms with Crippen LogP contribution in [0.5, 0.6) is 5.75 Å². The van der Waals surface area contributed by atoms with Gasteiger partial charge in [-0.05, 0) is 44.9 Å². The average molecular weight is 482 g/mol. The van der Waals surface area contributed by atoms with E-state index in [4.69, 9.17) is 9.47 Å². The predicted octanol–water partition coefficient (Wildman–Crippen LogP) is 2.19. The molecule has 0 radical (unpaired) electrons. The zero-order chi connectivity index (χ0) is 24.3. The van der Waals surface area contributed by atoms with Crippen molar-refractivity contribution in [3.8, 4) is 5.75 Å².